The standard InChI is InChI=1S/C50H96O6/c1-6-9-10-11-12-13-14-15-16-17-18-19-20-24-30-35-40-48(51)54-43-47(56-50(53)42-37-32-27-26-29-34-39-46(5)8-3)44-55-49(52)41-36-31-25-22-21-23-28-33-38-45(4)7-2/h45-47H,6-44H2,1-5H3/t45?,46?,47-/m1/s1. The summed E-state index contributed by atoms with van der Waals surface area (Å²) in [6.07, 6.45) is 42.3. The number of esters is 3. The van der Waals surface area contributed by atoms with Gasteiger partial charge >= 0.3 is 17.9 Å². The molecule has 332 valence electrons. The Labute approximate surface area is 348 Å². The van der Waals surface area contributed by atoms with Crippen molar-refractivity contribution >= 4 is 17.9 Å². The Balaban J connectivity index is 4.29. The van der Waals surface area contributed by atoms with Crippen molar-refractivity contribution in [3.8, 4) is 0 Å². The maximum Gasteiger partial charge on any atom is 0.306 e. The summed E-state index contributed by atoms with van der Waals surface area (Å²) in [4.78, 5) is 37.8. The van der Waals surface area contributed by atoms with Gasteiger partial charge in [0.2, 0.25) is 0 Å². The number of carbonyl (C=O) groups is 3. The van der Waals surface area contributed by atoms with Crippen LogP contribution in [-0.4, -0.2) is 37.2 Å². The topological polar surface area (TPSA) is 78.9 Å². The number of ether oxygens (including phenoxy) is 3. The Bertz CT molecular complexity index is 858. The summed E-state index contributed by atoms with van der Waals surface area (Å²) in [6, 6.07) is 0. The normalized spacial score (nSPS) is 13.0. The summed E-state index contributed by atoms with van der Waals surface area (Å²) in [7, 11) is 0. The number of rotatable bonds is 44. The number of hydrogen-bond acceptors (Lipinski definition) is 6. The maximum atomic E-state index is 12.7. The van der Waals surface area contributed by atoms with Crippen LogP contribution < -0.4 is 0 Å². The minimum Gasteiger partial charge on any atom is -0.462 e. The van der Waals surface area contributed by atoms with Crippen molar-refractivity contribution in [2.75, 3.05) is 13.2 Å². The molecule has 0 bridgehead atoms. The van der Waals surface area contributed by atoms with Gasteiger partial charge in [0, 0.05) is 19.3 Å². The number of carbonyl (C=O) groups excluding carboxylic acids is 3. The van der Waals surface area contributed by atoms with Gasteiger partial charge < -0.3 is 14.2 Å². The van der Waals surface area contributed by atoms with Gasteiger partial charge in [-0.05, 0) is 31.1 Å². The molecule has 3 atom stereocenters. The third-order valence-electron chi connectivity index (χ3n) is 11.9. The van der Waals surface area contributed by atoms with Crippen LogP contribution in [0.4, 0.5) is 0 Å². The van der Waals surface area contributed by atoms with Gasteiger partial charge in [0.15, 0.2) is 6.10 Å². The van der Waals surface area contributed by atoms with Gasteiger partial charge in [0.05, 0.1) is 0 Å². The maximum absolute atomic E-state index is 12.7. The van der Waals surface area contributed by atoms with Crippen molar-refractivity contribution < 1.29 is 28.6 Å². The monoisotopic (exact) mass is 793 g/mol. The Hall–Kier alpha value is -1.59. The fraction of sp³-hybridized carbons (Fsp3) is 0.940. The van der Waals surface area contributed by atoms with Crippen molar-refractivity contribution in [1.82, 2.24) is 0 Å². The summed E-state index contributed by atoms with van der Waals surface area (Å²) in [5.41, 5.74) is 0. The van der Waals surface area contributed by atoms with E-state index >= 15 is 0 Å². The number of hydrogen-bond donors (Lipinski definition) is 0. The van der Waals surface area contributed by atoms with Crippen LogP contribution in [0, 0.1) is 11.8 Å². The lowest BCUT2D eigenvalue weighted by atomic mass is 9.99. The lowest BCUT2D eigenvalue weighted by Gasteiger charge is -2.18. The molecule has 0 aromatic carbocycles. The summed E-state index contributed by atoms with van der Waals surface area (Å²) < 4.78 is 16.8. The lowest BCUT2D eigenvalue weighted by molar-refractivity contribution is -0.167. The molecule has 56 heavy (non-hydrogen) atoms. The van der Waals surface area contributed by atoms with Crippen LogP contribution in [0.3, 0.4) is 0 Å². The highest BCUT2D eigenvalue weighted by atomic mass is 16.6. The second-order valence-electron chi connectivity index (χ2n) is 17.6. The van der Waals surface area contributed by atoms with Crippen molar-refractivity contribution in [2.45, 2.75) is 278 Å². The van der Waals surface area contributed by atoms with E-state index in [-0.39, 0.29) is 31.1 Å². The smallest absolute Gasteiger partial charge is 0.306 e. The Morgan fingerprint density at radius 3 is 0.929 bits per heavy atom. The lowest BCUT2D eigenvalue weighted by Crippen LogP contribution is -2.30. The largest absolute Gasteiger partial charge is 0.462 e. The van der Waals surface area contributed by atoms with E-state index in [1.54, 1.807) is 0 Å². The zero-order valence-corrected chi connectivity index (χ0v) is 38.3. The Morgan fingerprint density at radius 2 is 0.625 bits per heavy atom. The van der Waals surface area contributed by atoms with Crippen LogP contribution >= 0.6 is 0 Å². The first-order valence-electron chi connectivity index (χ1n) is 24.8. The zero-order chi connectivity index (χ0) is 41.2. The van der Waals surface area contributed by atoms with Crippen molar-refractivity contribution in [1.29, 1.82) is 0 Å². The molecular weight excluding hydrogens is 697 g/mol. The molecule has 6 nitrogen and oxygen atoms in total. The van der Waals surface area contributed by atoms with Crippen LogP contribution in [0.25, 0.3) is 0 Å². The first-order valence-corrected chi connectivity index (χ1v) is 24.8. The molecule has 0 aliphatic carbocycles. The summed E-state index contributed by atoms with van der Waals surface area (Å²) >= 11 is 0. The highest BCUT2D eigenvalue weighted by Gasteiger charge is 2.19. The third-order valence-corrected chi connectivity index (χ3v) is 11.9. The molecule has 0 aliphatic heterocycles. The summed E-state index contributed by atoms with van der Waals surface area (Å²) in [6.45, 7) is 11.3. The van der Waals surface area contributed by atoms with E-state index in [1.807, 2.05) is 0 Å². The van der Waals surface area contributed by atoms with Crippen molar-refractivity contribution in [2.24, 2.45) is 11.8 Å². The summed E-state index contributed by atoms with van der Waals surface area (Å²) in [5.74, 6) is 0.801. The number of unbranched alkanes of at least 4 members (excludes halogenated alkanes) is 27. The first kappa shape index (κ1) is 54.4. The van der Waals surface area contributed by atoms with Gasteiger partial charge in [0.25, 0.3) is 0 Å². The molecule has 0 fully saturated rings. The molecule has 0 saturated heterocycles. The molecule has 0 N–H and O–H groups in total. The van der Waals surface area contributed by atoms with E-state index in [1.165, 1.54) is 161 Å². The molecule has 0 rings (SSSR count). The predicted octanol–water partition coefficient (Wildman–Crippen LogP) is 15.8. The first-order chi connectivity index (χ1) is 27.3. The molecule has 2 unspecified atom stereocenters. The van der Waals surface area contributed by atoms with Gasteiger partial charge in [-0.15, -0.1) is 0 Å². The van der Waals surface area contributed by atoms with Crippen LogP contribution in [0.5, 0.6) is 0 Å². The van der Waals surface area contributed by atoms with E-state index in [9.17, 15) is 14.4 Å². The molecule has 0 saturated carbocycles. The van der Waals surface area contributed by atoms with E-state index in [2.05, 4.69) is 34.6 Å². The van der Waals surface area contributed by atoms with E-state index in [4.69, 9.17) is 14.2 Å². The second kappa shape index (κ2) is 43.0. The van der Waals surface area contributed by atoms with Gasteiger partial charge in [-0.1, -0.05) is 234 Å². The summed E-state index contributed by atoms with van der Waals surface area (Å²) in [5, 5.41) is 0. The SMILES string of the molecule is CCCCCCCCCCCCCCCCCCC(=O)OC[C@H](COC(=O)CCCCCCCCCCC(C)CC)OC(=O)CCCCCCCCC(C)CC. The van der Waals surface area contributed by atoms with E-state index in [0.717, 1.165) is 69.6 Å². The van der Waals surface area contributed by atoms with Crippen LogP contribution in [0.2, 0.25) is 0 Å². The van der Waals surface area contributed by atoms with E-state index in [0.29, 0.717) is 19.3 Å². The van der Waals surface area contributed by atoms with Crippen LogP contribution in [0.1, 0.15) is 272 Å². The Kier molecular flexibility index (Phi) is 41.8. The average Bonchev–Trinajstić information content (AvgIpc) is 3.19. The molecule has 0 spiro atoms. The van der Waals surface area contributed by atoms with Crippen molar-refractivity contribution in [3.63, 3.8) is 0 Å². The average molecular weight is 793 g/mol. The minimum absolute atomic E-state index is 0.0652. The van der Waals surface area contributed by atoms with Gasteiger partial charge in [-0.3, -0.25) is 14.4 Å². The third kappa shape index (κ3) is 40.6. The molecule has 0 amide bonds. The van der Waals surface area contributed by atoms with Gasteiger partial charge in [0.1, 0.15) is 13.2 Å². The molecule has 6 heteroatoms. The molecule has 0 aromatic rings. The highest BCUT2D eigenvalue weighted by molar-refractivity contribution is 5.71. The molecule has 0 radical (unpaired) electrons. The fourth-order valence-electron chi connectivity index (χ4n) is 7.39. The molecule has 0 heterocycles. The molecular formula is C50H96O6. The predicted molar refractivity (Wildman–Crippen MR) is 238 cm³/mol. The Morgan fingerprint density at radius 1 is 0.357 bits per heavy atom. The quantitative estimate of drug-likeness (QED) is 0.0347. The van der Waals surface area contributed by atoms with Gasteiger partial charge in [-0.2, -0.15) is 0 Å². The fourth-order valence-corrected chi connectivity index (χ4v) is 7.39. The molecule has 0 aliphatic rings. The van der Waals surface area contributed by atoms with Crippen LogP contribution in [0.15, 0.2) is 0 Å². The molecule has 0 aromatic heterocycles. The van der Waals surface area contributed by atoms with E-state index < -0.39 is 6.10 Å². The second-order valence-corrected chi connectivity index (χ2v) is 17.6. The zero-order valence-electron chi connectivity index (χ0n) is 38.3. The highest BCUT2D eigenvalue weighted by Crippen LogP contribution is 2.18. The minimum atomic E-state index is -0.762. The van der Waals surface area contributed by atoms with Crippen molar-refractivity contribution in [3.05, 3.63) is 0 Å². The van der Waals surface area contributed by atoms with Gasteiger partial charge in [-0.25, -0.2) is 0 Å². The van der Waals surface area contributed by atoms with Crippen LogP contribution in [-0.2, 0) is 28.6 Å².